The van der Waals surface area contributed by atoms with E-state index in [-0.39, 0.29) is 16.8 Å². The molecule has 6 rings (SSSR count). The smallest absolute Gasteiger partial charge is 0.252 e. The first kappa shape index (κ1) is 20.9. The summed E-state index contributed by atoms with van der Waals surface area (Å²) in [5, 5.41) is 8.77. The monoisotopic (exact) mass is 487 g/mol. The minimum Gasteiger partial charge on any atom is -0.340 e. The molecule has 0 amide bonds. The van der Waals surface area contributed by atoms with Crippen LogP contribution < -0.4 is 5.56 Å². The number of pyridine rings is 1. The first-order chi connectivity index (χ1) is 16.6. The summed E-state index contributed by atoms with van der Waals surface area (Å²) < 4.78 is 3.40. The summed E-state index contributed by atoms with van der Waals surface area (Å²) in [6.07, 6.45) is 4.97. The molecule has 0 bridgehead atoms. The molecule has 1 N–H and O–H groups in total. The quantitative estimate of drug-likeness (QED) is 0.381. The van der Waals surface area contributed by atoms with Crippen molar-refractivity contribution in [3.05, 3.63) is 105 Å². The third-order valence-electron chi connectivity index (χ3n) is 6.06. The van der Waals surface area contributed by atoms with Gasteiger partial charge in [0, 0.05) is 22.3 Å². The molecule has 3 aromatic heterocycles. The third kappa shape index (κ3) is 3.63. The molecule has 9 heteroatoms. The molecule has 34 heavy (non-hydrogen) atoms. The van der Waals surface area contributed by atoms with Crippen molar-refractivity contribution in [1.29, 1.82) is 0 Å². The van der Waals surface area contributed by atoms with Crippen molar-refractivity contribution in [3.63, 3.8) is 0 Å². The number of halogens is 2. The lowest BCUT2D eigenvalue weighted by Crippen LogP contribution is -2.23. The number of benzene rings is 2. The topological polar surface area (TPSA) is 81.4 Å². The Morgan fingerprint density at radius 2 is 1.91 bits per heavy atom. The molecule has 4 heterocycles. The van der Waals surface area contributed by atoms with Gasteiger partial charge in [0.05, 0.1) is 29.8 Å². The number of nitrogens with one attached hydrogen (secondary N) is 1. The zero-order valence-electron chi connectivity index (χ0n) is 17.7. The zero-order valence-corrected chi connectivity index (χ0v) is 19.3. The van der Waals surface area contributed by atoms with E-state index in [0.717, 1.165) is 52.4 Å². The standard InChI is InChI=1S/C25H17Cl2N6O/c26-17-6-8-21(32-14-23(27)30-31-32)19(12-17)16-10-18-7-9-22(33(18)24(34)11-16)25-28-13-20(29-25)15-4-2-1-3-5-15/h2-6,8,10-14,22H,7,9H2,(H,28,29)/t22-/m0/s1. The molecule has 0 spiro atoms. The highest BCUT2D eigenvalue weighted by atomic mass is 35.5. The van der Waals surface area contributed by atoms with Gasteiger partial charge >= 0.3 is 0 Å². The second-order valence-corrected chi connectivity index (χ2v) is 8.94. The SMILES string of the molecule is O=c1cc(-c2cc(Cl)ccc2-n2cc(Cl)nn2)cc2n1[C@H](c1ncc(-c3cc[c]cc3)[nH]1)CC2. The van der Waals surface area contributed by atoms with Gasteiger partial charge in [-0.25, -0.2) is 9.67 Å². The molecule has 167 valence electrons. The average Bonchev–Trinajstić information content (AvgIpc) is 3.59. The van der Waals surface area contributed by atoms with E-state index in [1.54, 1.807) is 23.0 Å². The third-order valence-corrected chi connectivity index (χ3v) is 6.46. The molecule has 1 radical (unpaired) electrons. The van der Waals surface area contributed by atoms with Crippen LogP contribution in [0.1, 0.15) is 24.0 Å². The Labute approximate surface area is 204 Å². The van der Waals surface area contributed by atoms with Crippen LogP contribution in [0.15, 0.2) is 71.8 Å². The number of aromatic amines is 1. The van der Waals surface area contributed by atoms with E-state index >= 15 is 0 Å². The zero-order chi connectivity index (χ0) is 23.2. The van der Waals surface area contributed by atoms with E-state index in [1.807, 2.05) is 53.2 Å². The second kappa shape index (κ2) is 8.27. The molecule has 7 nitrogen and oxygen atoms in total. The lowest BCUT2D eigenvalue weighted by atomic mass is 10.0. The van der Waals surface area contributed by atoms with Gasteiger partial charge in [-0.2, -0.15) is 0 Å². The minimum absolute atomic E-state index is 0.0928. The Bertz CT molecular complexity index is 1570. The van der Waals surface area contributed by atoms with Crippen LogP contribution in [0.2, 0.25) is 10.2 Å². The Morgan fingerprint density at radius 1 is 1.06 bits per heavy atom. The van der Waals surface area contributed by atoms with Gasteiger partial charge in [-0.05, 0) is 54.3 Å². The fourth-order valence-electron chi connectivity index (χ4n) is 4.53. The lowest BCUT2D eigenvalue weighted by molar-refractivity contribution is 0.572. The Morgan fingerprint density at radius 3 is 2.71 bits per heavy atom. The van der Waals surface area contributed by atoms with Gasteiger partial charge in [0.1, 0.15) is 5.82 Å². The molecular formula is C25H17Cl2N6O. The van der Waals surface area contributed by atoms with Crippen molar-refractivity contribution in [1.82, 2.24) is 29.5 Å². The minimum atomic E-state index is -0.145. The maximum atomic E-state index is 13.3. The fourth-order valence-corrected chi connectivity index (χ4v) is 4.83. The number of H-pyrrole nitrogens is 1. The van der Waals surface area contributed by atoms with Crippen LogP contribution in [0.4, 0.5) is 0 Å². The molecule has 0 saturated heterocycles. The molecule has 0 aliphatic carbocycles. The first-order valence-electron chi connectivity index (χ1n) is 10.7. The summed E-state index contributed by atoms with van der Waals surface area (Å²) in [5.74, 6) is 0.775. The molecule has 0 unspecified atom stereocenters. The number of aryl methyl sites for hydroxylation is 1. The van der Waals surface area contributed by atoms with E-state index in [9.17, 15) is 4.79 Å². The summed E-state index contributed by atoms with van der Waals surface area (Å²) in [7, 11) is 0. The van der Waals surface area contributed by atoms with Gasteiger partial charge < -0.3 is 9.55 Å². The van der Waals surface area contributed by atoms with Crippen molar-refractivity contribution in [3.8, 4) is 28.1 Å². The van der Waals surface area contributed by atoms with E-state index in [2.05, 4.69) is 26.3 Å². The normalized spacial score (nSPS) is 14.9. The highest BCUT2D eigenvalue weighted by Gasteiger charge is 2.28. The highest BCUT2D eigenvalue weighted by Crippen LogP contribution is 2.34. The molecule has 1 atom stereocenters. The predicted molar refractivity (Wildman–Crippen MR) is 130 cm³/mol. The van der Waals surface area contributed by atoms with Crippen LogP contribution in [0, 0.1) is 6.07 Å². The van der Waals surface area contributed by atoms with Crippen LogP contribution in [-0.2, 0) is 6.42 Å². The molecule has 2 aromatic carbocycles. The summed E-state index contributed by atoms with van der Waals surface area (Å²) in [6, 6.07) is 19.6. The van der Waals surface area contributed by atoms with Gasteiger partial charge in [-0.1, -0.05) is 52.7 Å². The van der Waals surface area contributed by atoms with Gasteiger partial charge in [-0.15, -0.1) is 5.10 Å². The van der Waals surface area contributed by atoms with Gasteiger partial charge in [0.2, 0.25) is 0 Å². The van der Waals surface area contributed by atoms with E-state index < -0.39 is 0 Å². The lowest BCUT2D eigenvalue weighted by Gasteiger charge is -2.15. The first-order valence-corrected chi connectivity index (χ1v) is 11.5. The van der Waals surface area contributed by atoms with Crippen molar-refractivity contribution < 1.29 is 0 Å². The summed E-state index contributed by atoms with van der Waals surface area (Å²) in [6.45, 7) is 0. The summed E-state index contributed by atoms with van der Waals surface area (Å²) in [5.41, 5.74) is 5.07. The van der Waals surface area contributed by atoms with E-state index in [0.29, 0.717) is 5.02 Å². The van der Waals surface area contributed by atoms with Crippen LogP contribution in [0.25, 0.3) is 28.1 Å². The molecule has 5 aromatic rings. The fraction of sp³-hybridized carbons (Fsp3) is 0.120. The number of aromatic nitrogens is 6. The molecule has 1 aliphatic heterocycles. The number of fused-ring (bicyclic) bond motifs is 1. The average molecular weight is 488 g/mol. The number of nitrogens with zero attached hydrogens (tertiary/aromatic N) is 5. The van der Waals surface area contributed by atoms with E-state index in [1.165, 1.54) is 0 Å². The van der Waals surface area contributed by atoms with Gasteiger partial charge in [-0.3, -0.25) is 4.79 Å². The van der Waals surface area contributed by atoms with Crippen molar-refractivity contribution in [2.75, 3.05) is 0 Å². The van der Waals surface area contributed by atoms with Gasteiger partial charge in [0.15, 0.2) is 5.15 Å². The van der Waals surface area contributed by atoms with Crippen LogP contribution in [0.5, 0.6) is 0 Å². The molecule has 1 aliphatic rings. The second-order valence-electron chi connectivity index (χ2n) is 8.12. The molecule has 0 fully saturated rings. The Balaban J connectivity index is 1.40. The Hall–Kier alpha value is -3.68. The number of hydrogen-bond acceptors (Lipinski definition) is 4. The van der Waals surface area contributed by atoms with Crippen LogP contribution in [-0.4, -0.2) is 29.5 Å². The van der Waals surface area contributed by atoms with Gasteiger partial charge in [0.25, 0.3) is 5.56 Å². The van der Waals surface area contributed by atoms with E-state index in [4.69, 9.17) is 23.2 Å². The maximum Gasteiger partial charge on any atom is 0.252 e. The van der Waals surface area contributed by atoms with Crippen molar-refractivity contribution in [2.45, 2.75) is 18.9 Å². The van der Waals surface area contributed by atoms with Crippen LogP contribution in [0.3, 0.4) is 0 Å². The molecule has 0 saturated carbocycles. The maximum absolute atomic E-state index is 13.3. The summed E-state index contributed by atoms with van der Waals surface area (Å²) >= 11 is 12.3. The van der Waals surface area contributed by atoms with Crippen molar-refractivity contribution >= 4 is 23.2 Å². The number of imidazole rings is 1. The van der Waals surface area contributed by atoms with Crippen molar-refractivity contribution in [2.24, 2.45) is 0 Å². The summed E-state index contributed by atoms with van der Waals surface area (Å²) in [4.78, 5) is 21.3. The number of rotatable bonds is 4. The predicted octanol–water partition coefficient (Wildman–Crippen LogP) is 5.13. The largest absolute Gasteiger partial charge is 0.340 e. The Kier molecular flexibility index (Phi) is 5.08. The molecular weight excluding hydrogens is 471 g/mol. The highest BCUT2D eigenvalue weighted by molar-refractivity contribution is 6.31. The van der Waals surface area contributed by atoms with Crippen LogP contribution >= 0.6 is 23.2 Å². The number of hydrogen-bond donors (Lipinski definition) is 1.